The highest BCUT2D eigenvalue weighted by molar-refractivity contribution is 6.31. The Kier molecular flexibility index (Phi) is 7.09. The topological polar surface area (TPSA) is 107 Å². The second kappa shape index (κ2) is 9.94. The lowest BCUT2D eigenvalue weighted by atomic mass is 10.2. The molecule has 0 saturated carbocycles. The van der Waals surface area contributed by atoms with Crippen LogP contribution in [0.4, 0.5) is 5.69 Å². The number of carbonyl (C=O) groups excluding carboxylic acids is 2. The van der Waals surface area contributed by atoms with Crippen LogP contribution in [0, 0.1) is 6.92 Å². The van der Waals surface area contributed by atoms with Gasteiger partial charge in [0, 0.05) is 17.6 Å². The van der Waals surface area contributed by atoms with E-state index in [1.165, 1.54) is 18.9 Å². The third-order valence-corrected chi connectivity index (χ3v) is 4.95. The summed E-state index contributed by atoms with van der Waals surface area (Å²) in [6.45, 7) is 1.87. The fraction of sp³-hybridized carbons (Fsp3) is 0.238. The molecular formula is C21H22ClN5O4. The second-order valence-electron chi connectivity index (χ2n) is 6.57. The molecule has 0 aliphatic rings. The van der Waals surface area contributed by atoms with Gasteiger partial charge in [-0.05, 0) is 30.7 Å². The maximum Gasteiger partial charge on any atom is 0.278 e. The number of amides is 2. The van der Waals surface area contributed by atoms with Gasteiger partial charge in [-0.2, -0.15) is 0 Å². The van der Waals surface area contributed by atoms with Crippen LogP contribution < -0.4 is 20.1 Å². The number of carbonyl (C=O) groups is 2. The first-order valence-electron chi connectivity index (χ1n) is 9.36. The van der Waals surface area contributed by atoms with Gasteiger partial charge in [0.2, 0.25) is 5.91 Å². The van der Waals surface area contributed by atoms with Crippen molar-refractivity contribution in [2.24, 2.45) is 0 Å². The van der Waals surface area contributed by atoms with Gasteiger partial charge in [0.25, 0.3) is 5.91 Å². The number of rotatable bonds is 8. The molecule has 2 aromatic carbocycles. The Morgan fingerprint density at radius 3 is 2.61 bits per heavy atom. The lowest BCUT2D eigenvalue weighted by Gasteiger charge is -2.11. The lowest BCUT2D eigenvalue weighted by molar-refractivity contribution is -0.122. The number of halogens is 1. The molecule has 0 saturated heterocycles. The molecule has 10 heteroatoms. The summed E-state index contributed by atoms with van der Waals surface area (Å²) >= 11 is 6.10. The van der Waals surface area contributed by atoms with E-state index in [2.05, 4.69) is 20.9 Å². The first-order chi connectivity index (χ1) is 14.9. The molecule has 2 N–H and O–H groups in total. The number of nitrogens with zero attached hydrogens (tertiary/aromatic N) is 3. The summed E-state index contributed by atoms with van der Waals surface area (Å²) in [6.07, 6.45) is 0. The Balaban J connectivity index is 1.66. The van der Waals surface area contributed by atoms with Gasteiger partial charge in [0.05, 0.1) is 25.6 Å². The average Bonchev–Trinajstić information content (AvgIpc) is 3.13. The van der Waals surface area contributed by atoms with E-state index in [9.17, 15) is 9.59 Å². The number of hydrogen-bond acceptors (Lipinski definition) is 6. The van der Waals surface area contributed by atoms with E-state index >= 15 is 0 Å². The van der Waals surface area contributed by atoms with Crippen molar-refractivity contribution >= 4 is 29.1 Å². The van der Waals surface area contributed by atoms with Crippen molar-refractivity contribution in [3.8, 4) is 11.5 Å². The molecule has 0 aliphatic heterocycles. The smallest absolute Gasteiger partial charge is 0.278 e. The summed E-state index contributed by atoms with van der Waals surface area (Å²) in [5, 5.41) is 13.9. The summed E-state index contributed by atoms with van der Waals surface area (Å²) in [4.78, 5) is 25.0. The van der Waals surface area contributed by atoms with Crippen molar-refractivity contribution in [1.82, 2.24) is 20.3 Å². The summed E-state index contributed by atoms with van der Waals surface area (Å²) in [7, 11) is 3.03. The van der Waals surface area contributed by atoms with Gasteiger partial charge in [-0.15, -0.1) is 5.10 Å². The number of anilines is 1. The highest BCUT2D eigenvalue weighted by atomic mass is 35.5. The zero-order valence-electron chi connectivity index (χ0n) is 17.3. The van der Waals surface area contributed by atoms with Gasteiger partial charge < -0.3 is 20.1 Å². The van der Waals surface area contributed by atoms with Gasteiger partial charge in [-0.1, -0.05) is 35.0 Å². The first kappa shape index (κ1) is 22.1. The molecule has 0 radical (unpaired) electrons. The molecule has 9 nitrogen and oxygen atoms in total. The number of ether oxygens (including phenoxy) is 2. The van der Waals surface area contributed by atoms with E-state index in [4.69, 9.17) is 21.1 Å². The molecule has 0 atom stereocenters. The third-order valence-electron chi connectivity index (χ3n) is 4.58. The van der Waals surface area contributed by atoms with Crippen molar-refractivity contribution in [3.05, 3.63) is 64.4 Å². The molecule has 3 aromatic rings. The minimum Gasteiger partial charge on any atom is -0.497 e. The number of nitrogens with one attached hydrogen (secondary N) is 2. The minimum absolute atomic E-state index is 0.0843. The van der Waals surface area contributed by atoms with Gasteiger partial charge in [0.15, 0.2) is 5.69 Å². The van der Waals surface area contributed by atoms with Crippen LogP contribution in [0.15, 0.2) is 42.5 Å². The average molecular weight is 444 g/mol. The molecule has 0 bridgehead atoms. The molecule has 162 valence electrons. The van der Waals surface area contributed by atoms with Crippen molar-refractivity contribution < 1.29 is 19.1 Å². The van der Waals surface area contributed by atoms with Crippen LogP contribution in [-0.4, -0.2) is 41.0 Å². The largest absolute Gasteiger partial charge is 0.497 e. The van der Waals surface area contributed by atoms with Gasteiger partial charge in [-0.25, -0.2) is 4.68 Å². The lowest BCUT2D eigenvalue weighted by Crippen LogP contribution is -2.28. The van der Waals surface area contributed by atoms with E-state index < -0.39 is 5.91 Å². The van der Waals surface area contributed by atoms with Crippen LogP contribution >= 0.6 is 11.6 Å². The van der Waals surface area contributed by atoms with Crippen LogP contribution in [0.25, 0.3) is 0 Å². The fourth-order valence-corrected chi connectivity index (χ4v) is 3.04. The predicted molar refractivity (Wildman–Crippen MR) is 116 cm³/mol. The Hall–Kier alpha value is -3.59. The highest BCUT2D eigenvalue weighted by Gasteiger charge is 2.19. The zero-order valence-corrected chi connectivity index (χ0v) is 18.1. The number of methoxy groups -OCH3 is 2. The molecular weight excluding hydrogens is 422 g/mol. The van der Waals surface area contributed by atoms with E-state index in [1.807, 2.05) is 18.2 Å². The Labute approximate surface area is 184 Å². The summed E-state index contributed by atoms with van der Waals surface area (Å²) in [5.74, 6) is 0.269. The summed E-state index contributed by atoms with van der Waals surface area (Å²) in [6, 6.07) is 12.3. The summed E-state index contributed by atoms with van der Waals surface area (Å²) in [5.41, 5.74) is 1.79. The maximum absolute atomic E-state index is 12.7. The molecule has 3 rings (SSSR count). The number of aromatic nitrogens is 3. The Morgan fingerprint density at radius 2 is 1.90 bits per heavy atom. The van der Waals surface area contributed by atoms with Crippen molar-refractivity contribution in [3.63, 3.8) is 0 Å². The van der Waals surface area contributed by atoms with E-state index in [0.29, 0.717) is 27.9 Å². The Bertz CT molecular complexity index is 1100. The monoisotopic (exact) mass is 443 g/mol. The van der Waals surface area contributed by atoms with Crippen LogP contribution in [0.1, 0.15) is 21.7 Å². The van der Waals surface area contributed by atoms with Crippen molar-refractivity contribution in [1.29, 1.82) is 0 Å². The second-order valence-corrected chi connectivity index (χ2v) is 6.98. The predicted octanol–water partition coefficient (Wildman–Crippen LogP) is 2.83. The third kappa shape index (κ3) is 5.32. The quantitative estimate of drug-likeness (QED) is 0.554. The first-order valence-corrected chi connectivity index (χ1v) is 9.74. The van der Waals surface area contributed by atoms with Crippen LogP contribution in [-0.2, 0) is 17.9 Å². The molecule has 0 aliphatic carbocycles. The number of benzene rings is 2. The van der Waals surface area contributed by atoms with E-state index in [0.717, 1.165) is 5.56 Å². The van der Waals surface area contributed by atoms with E-state index in [1.54, 1.807) is 31.2 Å². The van der Waals surface area contributed by atoms with Gasteiger partial charge >= 0.3 is 0 Å². The van der Waals surface area contributed by atoms with E-state index in [-0.39, 0.29) is 24.7 Å². The van der Waals surface area contributed by atoms with Crippen LogP contribution in [0.3, 0.4) is 0 Å². The number of hydrogen-bond donors (Lipinski definition) is 2. The summed E-state index contributed by atoms with van der Waals surface area (Å²) < 4.78 is 11.8. The standard InChI is InChI=1S/C21H22ClN5O4/c1-13-20(21(29)24-17-10-15(30-2)8-9-18(17)31-3)25-26-27(13)12-19(28)23-11-14-6-4-5-7-16(14)22/h4-10H,11-12H2,1-3H3,(H,23,28)(H,24,29). The molecule has 0 fully saturated rings. The minimum atomic E-state index is -0.480. The molecule has 1 heterocycles. The molecule has 0 spiro atoms. The van der Waals surface area contributed by atoms with Crippen molar-refractivity contribution in [2.75, 3.05) is 19.5 Å². The van der Waals surface area contributed by atoms with Crippen molar-refractivity contribution in [2.45, 2.75) is 20.0 Å². The maximum atomic E-state index is 12.7. The van der Waals surface area contributed by atoms with Crippen LogP contribution in [0.5, 0.6) is 11.5 Å². The molecule has 2 amide bonds. The zero-order chi connectivity index (χ0) is 22.4. The highest BCUT2D eigenvalue weighted by Crippen LogP contribution is 2.29. The van der Waals surface area contributed by atoms with Crippen LogP contribution in [0.2, 0.25) is 5.02 Å². The molecule has 31 heavy (non-hydrogen) atoms. The molecule has 1 aromatic heterocycles. The molecule has 0 unspecified atom stereocenters. The fourth-order valence-electron chi connectivity index (χ4n) is 2.84. The van der Waals surface area contributed by atoms with Gasteiger partial charge in [0.1, 0.15) is 18.0 Å². The normalized spacial score (nSPS) is 10.5. The van der Waals surface area contributed by atoms with Gasteiger partial charge in [-0.3, -0.25) is 9.59 Å². The SMILES string of the molecule is COc1ccc(OC)c(NC(=O)c2nnn(CC(=O)NCc3ccccc3Cl)c2C)c1. The Morgan fingerprint density at radius 1 is 1.13 bits per heavy atom.